The van der Waals surface area contributed by atoms with E-state index in [0.29, 0.717) is 19.4 Å². The zero-order chi connectivity index (χ0) is 12.8. The highest BCUT2D eigenvalue weighted by molar-refractivity contribution is 5.72. The van der Waals surface area contributed by atoms with Crippen molar-refractivity contribution in [2.75, 3.05) is 19.8 Å². The topological polar surface area (TPSA) is 87.0 Å². The summed E-state index contributed by atoms with van der Waals surface area (Å²) < 4.78 is 5.07. The number of carbonyl (C=O) groups excluding carboxylic acids is 1. The summed E-state index contributed by atoms with van der Waals surface area (Å²) in [5.74, 6) is -1.30. The van der Waals surface area contributed by atoms with E-state index in [2.05, 4.69) is 0 Å². The quantitative estimate of drug-likeness (QED) is 0.591. The van der Waals surface area contributed by atoms with Crippen molar-refractivity contribution in [1.29, 1.82) is 0 Å². The number of ether oxygens (including phenoxy) is 1. The lowest BCUT2D eigenvalue weighted by Crippen LogP contribution is -2.43. The van der Waals surface area contributed by atoms with E-state index in [9.17, 15) is 9.90 Å². The predicted molar refractivity (Wildman–Crippen MR) is 61.1 cm³/mol. The Morgan fingerprint density at radius 2 is 1.76 bits per heavy atom. The van der Waals surface area contributed by atoms with Crippen LogP contribution in [0.15, 0.2) is 0 Å². The van der Waals surface area contributed by atoms with Gasteiger partial charge in [0.25, 0.3) is 0 Å². The fraction of sp³-hybridized carbons (Fsp3) is 0.917. The number of aliphatic hydroxyl groups is 3. The summed E-state index contributed by atoms with van der Waals surface area (Å²) >= 11 is 0. The SMILES string of the molecule is CCCOC(=O)C1CC(CO)C(O)C(CO)C1. The molecule has 0 saturated heterocycles. The lowest BCUT2D eigenvalue weighted by atomic mass is 9.73. The lowest BCUT2D eigenvalue weighted by Gasteiger charge is -2.36. The molecule has 1 rings (SSSR count). The van der Waals surface area contributed by atoms with Gasteiger partial charge in [0.05, 0.1) is 18.6 Å². The number of hydrogen-bond donors (Lipinski definition) is 3. The molecule has 2 unspecified atom stereocenters. The monoisotopic (exact) mass is 246 g/mol. The van der Waals surface area contributed by atoms with Gasteiger partial charge in [-0.2, -0.15) is 0 Å². The van der Waals surface area contributed by atoms with Crippen molar-refractivity contribution in [2.45, 2.75) is 32.3 Å². The molecule has 3 N–H and O–H groups in total. The maximum absolute atomic E-state index is 11.7. The summed E-state index contributed by atoms with van der Waals surface area (Å²) in [4.78, 5) is 11.7. The number of esters is 1. The Hall–Kier alpha value is -0.650. The summed E-state index contributed by atoms with van der Waals surface area (Å²) in [5, 5.41) is 28.1. The molecule has 1 aliphatic rings. The van der Waals surface area contributed by atoms with Crippen LogP contribution in [0.5, 0.6) is 0 Å². The van der Waals surface area contributed by atoms with E-state index in [1.165, 1.54) is 0 Å². The molecule has 1 fully saturated rings. The Bertz CT molecular complexity index is 229. The molecule has 0 heterocycles. The highest BCUT2D eigenvalue weighted by atomic mass is 16.5. The minimum absolute atomic E-state index is 0.171. The van der Waals surface area contributed by atoms with E-state index in [1.807, 2.05) is 6.92 Å². The van der Waals surface area contributed by atoms with E-state index in [0.717, 1.165) is 6.42 Å². The standard InChI is InChI=1S/C12H22O5/c1-2-3-17-12(16)8-4-9(6-13)11(15)10(5-8)7-14/h8-11,13-15H,2-7H2,1H3. The maximum Gasteiger partial charge on any atom is 0.308 e. The first-order chi connectivity index (χ1) is 8.13. The third-order valence-electron chi connectivity index (χ3n) is 3.39. The van der Waals surface area contributed by atoms with Gasteiger partial charge in [0, 0.05) is 25.0 Å². The predicted octanol–water partition coefficient (Wildman–Crippen LogP) is -0.0725. The fourth-order valence-corrected chi connectivity index (χ4v) is 2.37. The van der Waals surface area contributed by atoms with E-state index >= 15 is 0 Å². The molecule has 0 bridgehead atoms. The van der Waals surface area contributed by atoms with E-state index < -0.39 is 6.10 Å². The molecular weight excluding hydrogens is 224 g/mol. The van der Waals surface area contributed by atoms with Crippen LogP contribution >= 0.6 is 0 Å². The Morgan fingerprint density at radius 3 is 2.18 bits per heavy atom. The number of carbonyl (C=O) groups is 1. The van der Waals surface area contributed by atoms with Gasteiger partial charge in [-0.25, -0.2) is 0 Å². The van der Waals surface area contributed by atoms with Crippen molar-refractivity contribution in [3.05, 3.63) is 0 Å². The van der Waals surface area contributed by atoms with Crippen molar-refractivity contribution < 1.29 is 24.9 Å². The van der Waals surface area contributed by atoms with Crippen LogP contribution in [0.1, 0.15) is 26.2 Å². The first-order valence-corrected chi connectivity index (χ1v) is 6.20. The van der Waals surface area contributed by atoms with Crippen molar-refractivity contribution in [3.8, 4) is 0 Å². The van der Waals surface area contributed by atoms with Crippen LogP contribution < -0.4 is 0 Å². The Kier molecular flexibility index (Phi) is 5.88. The molecule has 5 heteroatoms. The molecule has 17 heavy (non-hydrogen) atoms. The van der Waals surface area contributed by atoms with Gasteiger partial charge in [0.15, 0.2) is 0 Å². The van der Waals surface area contributed by atoms with Crippen LogP contribution in [0.4, 0.5) is 0 Å². The molecular formula is C12H22O5. The van der Waals surface area contributed by atoms with Gasteiger partial charge in [-0.3, -0.25) is 4.79 Å². The Labute approximate surface area is 101 Å². The second kappa shape index (κ2) is 6.93. The molecule has 0 aromatic rings. The smallest absolute Gasteiger partial charge is 0.308 e. The largest absolute Gasteiger partial charge is 0.465 e. The van der Waals surface area contributed by atoms with Gasteiger partial charge in [-0.05, 0) is 19.3 Å². The molecule has 0 radical (unpaired) electrons. The Balaban J connectivity index is 2.59. The van der Waals surface area contributed by atoms with E-state index in [4.69, 9.17) is 14.9 Å². The van der Waals surface area contributed by atoms with Gasteiger partial charge >= 0.3 is 5.97 Å². The summed E-state index contributed by atoms with van der Waals surface area (Å²) in [6.07, 6.45) is 0.890. The number of aliphatic hydroxyl groups excluding tert-OH is 3. The average molecular weight is 246 g/mol. The van der Waals surface area contributed by atoms with Gasteiger partial charge in [0.2, 0.25) is 0 Å². The fourth-order valence-electron chi connectivity index (χ4n) is 2.37. The van der Waals surface area contributed by atoms with Crippen molar-refractivity contribution in [3.63, 3.8) is 0 Å². The maximum atomic E-state index is 11.7. The van der Waals surface area contributed by atoms with E-state index in [1.54, 1.807) is 0 Å². The first-order valence-electron chi connectivity index (χ1n) is 6.20. The highest BCUT2D eigenvalue weighted by Gasteiger charge is 2.39. The highest BCUT2D eigenvalue weighted by Crippen LogP contribution is 2.34. The van der Waals surface area contributed by atoms with E-state index in [-0.39, 0.29) is 36.9 Å². The summed E-state index contributed by atoms with van der Waals surface area (Å²) in [6.45, 7) is 1.97. The van der Waals surface area contributed by atoms with Crippen molar-refractivity contribution in [2.24, 2.45) is 17.8 Å². The van der Waals surface area contributed by atoms with Crippen LogP contribution in [0.2, 0.25) is 0 Å². The Morgan fingerprint density at radius 1 is 1.24 bits per heavy atom. The van der Waals surface area contributed by atoms with Crippen molar-refractivity contribution in [1.82, 2.24) is 0 Å². The van der Waals surface area contributed by atoms with Gasteiger partial charge in [-0.15, -0.1) is 0 Å². The molecule has 1 aliphatic carbocycles. The summed E-state index contributed by atoms with van der Waals surface area (Å²) in [5.41, 5.74) is 0. The average Bonchev–Trinajstić information content (AvgIpc) is 2.36. The van der Waals surface area contributed by atoms with Gasteiger partial charge < -0.3 is 20.1 Å². The number of hydrogen-bond acceptors (Lipinski definition) is 5. The molecule has 0 aromatic heterocycles. The molecule has 5 nitrogen and oxygen atoms in total. The zero-order valence-electron chi connectivity index (χ0n) is 10.2. The van der Waals surface area contributed by atoms with Crippen LogP contribution in [-0.2, 0) is 9.53 Å². The van der Waals surface area contributed by atoms with Crippen molar-refractivity contribution >= 4 is 5.97 Å². The van der Waals surface area contributed by atoms with Crippen LogP contribution in [-0.4, -0.2) is 47.2 Å². The summed E-state index contributed by atoms with van der Waals surface area (Å²) in [6, 6.07) is 0. The third-order valence-corrected chi connectivity index (χ3v) is 3.39. The van der Waals surface area contributed by atoms with Gasteiger partial charge in [0.1, 0.15) is 0 Å². The number of rotatable bonds is 5. The first kappa shape index (κ1) is 14.4. The third kappa shape index (κ3) is 3.66. The van der Waals surface area contributed by atoms with Crippen LogP contribution in [0, 0.1) is 17.8 Å². The summed E-state index contributed by atoms with van der Waals surface area (Å²) in [7, 11) is 0. The zero-order valence-corrected chi connectivity index (χ0v) is 10.2. The molecule has 100 valence electrons. The van der Waals surface area contributed by atoms with Crippen LogP contribution in [0.25, 0.3) is 0 Å². The molecule has 0 aliphatic heterocycles. The molecule has 0 amide bonds. The molecule has 2 atom stereocenters. The molecule has 0 aromatic carbocycles. The second-order valence-electron chi connectivity index (χ2n) is 4.71. The lowest BCUT2D eigenvalue weighted by molar-refractivity contribution is -0.154. The molecule has 0 spiro atoms. The van der Waals surface area contributed by atoms with Crippen LogP contribution in [0.3, 0.4) is 0 Å². The normalized spacial score (nSPS) is 33.4. The molecule has 1 saturated carbocycles. The minimum Gasteiger partial charge on any atom is -0.465 e. The second-order valence-corrected chi connectivity index (χ2v) is 4.71. The minimum atomic E-state index is -0.736. The van der Waals surface area contributed by atoms with Gasteiger partial charge in [-0.1, -0.05) is 6.92 Å².